The van der Waals surface area contributed by atoms with Crippen molar-refractivity contribution in [2.24, 2.45) is 0 Å². The van der Waals surface area contributed by atoms with E-state index < -0.39 is 0 Å². The van der Waals surface area contributed by atoms with Gasteiger partial charge < -0.3 is 18.9 Å². The second kappa shape index (κ2) is 10.9. The Balaban J connectivity index is 1.47. The number of fused-ring (bicyclic) bond motifs is 3. The van der Waals surface area contributed by atoms with Gasteiger partial charge in [-0.3, -0.25) is 4.79 Å². The molecular formula is C30H32N2O4S. The van der Waals surface area contributed by atoms with Crippen LogP contribution in [0.3, 0.4) is 0 Å². The molecule has 0 spiro atoms. The molecule has 0 fully saturated rings. The molecule has 0 atom stereocenters. The van der Waals surface area contributed by atoms with Crippen molar-refractivity contribution in [3.8, 4) is 16.9 Å². The molecule has 2 aromatic heterocycles. The number of benzene rings is 2. The minimum absolute atomic E-state index is 0.0497. The number of ether oxygens (including phenoxy) is 2. The third-order valence-electron chi connectivity index (χ3n) is 6.69. The number of aromatic nitrogens is 1. The van der Waals surface area contributed by atoms with E-state index in [2.05, 4.69) is 41.6 Å². The van der Waals surface area contributed by atoms with Crippen LogP contribution in [0, 0.1) is 27.7 Å². The highest BCUT2D eigenvalue weighted by Crippen LogP contribution is 2.32. The molecule has 0 aliphatic carbocycles. The van der Waals surface area contributed by atoms with Crippen molar-refractivity contribution in [2.75, 3.05) is 26.4 Å². The molecule has 1 aliphatic heterocycles. The van der Waals surface area contributed by atoms with Gasteiger partial charge in [0, 0.05) is 34.8 Å². The predicted molar refractivity (Wildman–Crippen MR) is 146 cm³/mol. The molecule has 0 N–H and O–H groups in total. The molecule has 3 heterocycles. The number of carbonyl (C=O) groups excluding carboxylic acids is 1. The average Bonchev–Trinajstić information content (AvgIpc) is 3.39. The molecule has 2 bridgehead atoms. The SMILES string of the molecule is Cc1cc(C(=O)N2CCOCCOc3ccc(-c4c(C)noc4C)cc3Cc3cccc(c3)C2)c(C)s1. The number of hydrogen-bond acceptors (Lipinski definition) is 6. The Bertz CT molecular complexity index is 1400. The standard InChI is InChI=1S/C30H32N2O4S/c1-19-14-27(22(4)37-19)30(33)32-10-11-34-12-13-35-28-9-8-25(29-20(2)31-36-21(29)3)17-26(28)16-23-6-5-7-24(15-23)18-32/h5-9,14-15,17H,10-13,16,18H2,1-4H3. The van der Waals surface area contributed by atoms with Crippen molar-refractivity contribution in [3.63, 3.8) is 0 Å². The maximum absolute atomic E-state index is 13.5. The molecule has 0 unspecified atom stereocenters. The van der Waals surface area contributed by atoms with Crippen LogP contribution in [0.15, 0.2) is 53.1 Å². The van der Waals surface area contributed by atoms with Crippen molar-refractivity contribution >= 4 is 17.2 Å². The third kappa shape index (κ3) is 5.63. The van der Waals surface area contributed by atoms with Gasteiger partial charge in [-0.1, -0.05) is 35.5 Å². The number of aryl methyl sites for hydroxylation is 4. The lowest BCUT2D eigenvalue weighted by molar-refractivity contribution is 0.0571. The molecule has 6 nitrogen and oxygen atoms in total. The number of rotatable bonds is 2. The quantitative estimate of drug-likeness (QED) is 0.314. The minimum atomic E-state index is 0.0497. The van der Waals surface area contributed by atoms with Gasteiger partial charge in [-0.05, 0) is 68.1 Å². The van der Waals surface area contributed by atoms with Crippen LogP contribution < -0.4 is 4.74 Å². The topological polar surface area (TPSA) is 64.8 Å². The molecular weight excluding hydrogens is 484 g/mol. The lowest BCUT2D eigenvalue weighted by Gasteiger charge is -2.24. The van der Waals surface area contributed by atoms with Crippen LogP contribution in [0.25, 0.3) is 11.1 Å². The highest BCUT2D eigenvalue weighted by atomic mass is 32.1. The van der Waals surface area contributed by atoms with Crippen LogP contribution in [-0.4, -0.2) is 42.3 Å². The van der Waals surface area contributed by atoms with Crippen LogP contribution in [0.5, 0.6) is 5.75 Å². The van der Waals surface area contributed by atoms with Crippen molar-refractivity contribution in [2.45, 2.75) is 40.7 Å². The number of hydrogen-bond donors (Lipinski definition) is 0. The van der Waals surface area contributed by atoms with Gasteiger partial charge in [0.15, 0.2) is 0 Å². The summed E-state index contributed by atoms with van der Waals surface area (Å²) < 4.78 is 17.4. The largest absolute Gasteiger partial charge is 0.491 e. The smallest absolute Gasteiger partial charge is 0.255 e. The fourth-order valence-electron chi connectivity index (χ4n) is 4.94. The highest BCUT2D eigenvalue weighted by Gasteiger charge is 2.21. The third-order valence-corrected chi connectivity index (χ3v) is 7.66. The van der Waals surface area contributed by atoms with E-state index in [1.165, 1.54) is 5.56 Å². The molecule has 0 saturated carbocycles. The van der Waals surface area contributed by atoms with E-state index in [1.54, 1.807) is 11.3 Å². The van der Waals surface area contributed by atoms with Gasteiger partial charge >= 0.3 is 0 Å². The summed E-state index contributed by atoms with van der Waals surface area (Å²) in [4.78, 5) is 17.6. The average molecular weight is 517 g/mol. The zero-order chi connectivity index (χ0) is 25.9. The predicted octanol–water partition coefficient (Wildman–Crippen LogP) is 6.28. The normalized spacial score (nSPS) is 14.5. The molecule has 4 aromatic rings. The molecule has 0 radical (unpaired) electrons. The lowest BCUT2D eigenvalue weighted by Crippen LogP contribution is -2.34. The summed E-state index contributed by atoms with van der Waals surface area (Å²) in [7, 11) is 0. The summed E-state index contributed by atoms with van der Waals surface area (Å²) in [6.45, 7) is 10.3. The van der Waals surface area contributed by atoms with Crippen molar-refractivity contribution < 1.29 is 18.8 Å². The van der Waals surface area contributed by atoms with E-state index in [-0.39, 0.29) is 5.91 Å². The lowest BCUT2D eigenvalue weighted by atomic mass is 9.96. The molecule has 2 aromatic carbocycles. The Labute approximate surface area is 221 Å². The van der Waals surface area contributed by atoms with Crippen LogP contribution in [-0.2, 0) is 17.7 Å². The van der Waals surface area contributed by atoms with E-state index in [0.717, 1.165) is 54.8 Å². The molecule has 192 valence electrons. The summed E-state index contributed by atoms with van der Waals surface area (Å²) in [5, 5.41) is 4.12. The molecule has 1 amide bonds. The van der Waals surface area contributed by atoms with Crippen LogP contribution in [0.2, 0.25) is 0 Å². The number of nitrogens with zero attached hydrogens (tertiary/aromatic N) is 2. The second-order valence-electron chi connectivity index (χ2n) is 9.53. The Morgan fingerprint density at radius 2 is 1.81 bits per heavy atom. The monoisotopic (exact) mass is 516 g/mol. The van der Waals surface area contributed by atoms with E-state index in [9.17, 15) is 4.79 Å². The van der Waals surface area contributed by atoms with Crippen molar-refractivity contribution in [3.05, 3.63) is 92.0 Å². The summed E-state index contributed by atoms with van der Waals surface area (Å²) >= 11 is 1.66. The summed E-state index contributed by atoms with van der Waals surface area (Å²) in [6.07, 6.45) is 0.706. The van der Waals surface area contributed by atoms with Crippen LogP contribution in [0.1, 0.15) is 48.3 Å². The van der Waals surface area contributed by atoms with Gasteiger partial charge in [-0.15, -0.1) is 11.3 Å². The van der Waals surface area contributed by atoms with Gasteiger partial charge in [-0.25, -0.2) is 0 Å². The first-order valence-electron chi connectivity index (χ1n) is 12.6. The molecule has 37 heavy (non-hydrogen) atoms. The Morgan fingerprint density at radius 3 is 2.57 bits per heavy atom. The first-order chi connectivity index (χ1) is 17.9. The maximum Gasteiger partial charge on any atom is 0.255 e. The fraction of sp³-hybridized carbons (Fsp3) is 0.333. The number of thiophene rings is 1. The van der Waals surface area contributed by atoms with Gasteiger partial charge in [0.25, 0.3) is 5.91 Å². The Hall–Kier alpha value is -3.42. The van der Waals surface area contributed by atoms with E-state index in [4.69, 9.17) is 14.0 Å². The first-order valence-corrected chi connectivity index (χ1v) is 13.4. The van der Waals surface area contributed by atoms with Crippen LogP contribution in [0.4, 0.5) is 0 Å². The van der Waals surface area contributed by atoms with Crippen molar-refractivity contribution in [1.29, 1.82) is 0 Å². The molecule has 7 heteroatoms. The Kier molecular flexibility index (Phi) is 7.44. The van der Waals surface area contributed by atoms with Crippen molar-refractivity contribution in [1.82, 2.24) is 10.1 Å². The molecule has 5 rings (SSSR count). The van der Waals surface area contributed by atoms with Crippen LogP contribution >= 0.6 is 11.3 Å². The first kappa shape index (κ1) is 25.2. The van der Waals surface area contributed by atoms with Gasteiger partial charge in [0.05, 0.1) is 24.5 Å². The van der Waals surface area contributed by atoms with E-state index >= 15 is 0 Å². The zero-order valence-electron chi connectivity index (χ0n) is 21.8. The van der Waals surface area contributed by atoms with Gasteiger partial charge in [0.1, 0.15) is 18.1 Å². The van der Waals surface area contributed by atoms with E-state index in [1.807, 2.05) is 44.7 Å². The summed E-state index contributed by atoms with van der Waals surface area (Å²) in [6, 6.07) is 16.7. The minimum Gasteiger partial charge on any atom is -0.491 e. The molecule has 0 saturated heterocycles. The zero-order valence-corrected chi connectivity index (χ0v) is 22.6. The Morgan fingerprint density at radius 1 is 0.973 bits per heavy atom. The summed E-state index contributed by atoms with van der Waals surface area (Å²) in [5.41, 5.74) is 7.08. The highest BCUT2D eigenvalue weighted by molar-refractivity contribution is 7.12. The maximum atomic E-state index is 13.5. The van der Waals surface area contributed by atoms with Gasteiger partial charge in [-0.2, -0.15) is 0 Å². The van der Waals surface area contributed by atoms with E-state index in [0.29, 0.717) is 39.3 Å². The number of amides is 1. The van der Waals surface area contributed by atoms with Gasteiger partial charge in [0.2, 0.25) is 0 Å². The summed E-state index contributed by atoms with van der Waals surface area (Å²) in [5.74, 6) is 1.70. The second-order valence-corrected chi connectivity index (χ2v) is 11.0. The number of carbonyl (C=O) groups is 1. The fourth-order valence-corrected chi connectivity index (χ4v) is 5.86. The molecule has 1 aliphatic rings.